The lowest BCUT2D eigenvalue weighted by Crippen LogP contribution is -2.16. The summed E-state index contributed by atoms with van der Waals surface area (Å²) in [5.41, 5.74) is 1.21. The maximum atomic E-state index is 8.75. The van der Waals surface area contributed by atoms with Gasteiger partial charge in [-0.3, -0.25) is 0 Å². The van der Waals surface area contributed by atoms with Gasteiger partial charge in [-0.05, 0) is 37.6 Å². The van der Waals surface area contributed by atoms with E-state index in [2.05, 4.69) is 5.32 Å². The fraction of sp³-hybridized carbons (Fsp3) is 0.455. The van der Waals surface area contributed by atoms with E-state index in [9.17, 15) is 0 Å². The highest BCUT2D eigenvalue weighted by Gasteiger charge is 2.07. The summed E-state index contributed by atoms with van der Waals surface area (Å²) in [4.78, 5) is 0. The Labute approximate surface area is 89.9 Å². The molecule has 0 saturated carbocycles. The third-order valence-corrected chi connectivity index (χ3v) is 2.52. The third kappa shape index (κ3) is 3.29. The van der Waals surface area contributed by atoms with Gasteiger partial charge in [0.1, 0.15) is 0 Å². The average molecular weight is 214 g/mol. The van der Waals surface area contributed by atoms with E-state index in [1.165, 1.54) is 5.56 Å². The Morgan fingerprint density at radius 1 is 1.36 bits per heavy atom. The molecular formula is C11H16ClNO. The topological polar surface area (TPSA) is 32.3 Å². The highest BCUT2D eigenvalue weighted by molar-refractivity contribution is 6.30. The molecule has 1 aromatic carbocycles. The number of hydrogen-bond acceptors (Lipinski definition) is 2. The van der Waals surface area contributed by atoms with Gasteiger partial charge < -0.3 is 10.4 Å². The van der Waals surface area contributed by atoms with Crippen LogP contribution in [0.4, 0.5) is 0 Å². The van der Waals surface area contributed by atoms with Crippen molar-refractivity contribution in [3.05, 3.63) is 34.9 Å². The van der Waals surface area contributed by atoms with E-state index >= 15 is 0 Å². The molecule has 0 amide bonds. The monoisotopic (exact) mass is 213 g/mol. The van der Waals surface area contributed by atoms with Gasteiger partial charge in [-0.1, -0.05) is 23.7 Å². The third-order valence-electron chi connectivity index (χ3n) is 2.27. The van der Waals surface area contributed by atoms with Gasteiger partial charge in [0.25, 0.3) is 0 Å². The van der Waals surface area contributed by atoms with E-state index in [0.29, 0.717) is 6.04 Å². The highest BCUT2D eigenvalue weighted by Crippen LogP contribution is 2.19. The van der Waals surface area contributed by atoms with Gasteiger partial charge in [0, 0.05) is 17.7 Å². The van der Waals surface area contributed by atoms with Crippen LogP contribution in [0.25, 0.3) is 0 Å². The van der Waals surface area contributed by atoms with Crippen molar-refractivity contribution in [1.29, 1.82) is 0 Å². The van der Waals surface area contributed by atoms with Crippen molar-refractivity contribution >= 4 is 11.6 Å². The van der Waals surface area contributed by atoms with Crippen LogP contribution in [0.5, 0.6) is 0 Å². The molecule has 14 heavy (non-hydrogen) atoms. The molecule has 0 bridgehead atoms. The molecule has 3 heteroatoms. The Balaban J connectivity index is 2.64. The number of halogens is 1. The Morgan fingerprint density at radius 2 is 2.00 bits per heavy atom. The SMILES string of the molecule is CNC(CCCO)c1ccc(Cl)cc1. The summed E-state index contributed by atoms with van der Waals surface area (Å²) in [5, 5.41) is 12.7. The fourth-order valence-electron chi connectivity index (χ4n) is 1.47. The van der Waals surface area contributed by atoms with Crippen molar-refractivity contribution in [1.82, 2.24) is 5.32 Å². The lowest BCUT2D eigenvalue weighted by molar-refractivity contribution is 0.276. The molecule has 0 aliphatic carbocycles. The quantitative estimate of drug-likeness (QED) is 0.787. The number of nitrogens with one attached hydrogen (secondary N) is 1. The predicted molar refractivity (Wildman–Crippen MR) is 59.6 cm³/mol. The number of benzene rings is 1. The summed E-state index contributed by atoms with van der Waals surface area (Å²) in [6.45, 7) is 0.242. The Bertz CT molecular complexity index is 260. The summed E-state index contributed by atoms with van der Waals surface area (Å²) in [6.07, 6.45) is 1.75. The molecule has 0 fully saturated rings. The van der Waals surface area contributed by atoms with Crippen molar-refractivity contribution in [2.24, 2.45) is 0 Å². The van der Waals surface area contributed by atoms with E-state index in [4.69, 9.17) is 16.7 Å². The zero-order valence-corrected chi connectivity index (χ0v) is 9.09. The van der Waals surface area contributed by atoms with Gasteiger partial charge >= 0.3 is 0 Å². The molecule has 2 nitrogen and oxygen atoms in total. The van der Waals surface area contributed by atoms with Crippen molar-refractivity contribution in [2.75, 3.05) is 13.7 Å². The highest BCUT2D eigenvalue weighted by atomic mass is 35.5. The lowest BCUT2D eigenvalue weighted by atomic mass is 10.0. The molecular weight excluding hydrogens is 198 g/mol. The van der Waals surface area contributed by atoms with Gasteiger partial charge in [-0.15, -0.1) is 0 Å². The summed E-state index contributed by atoms with van der Waals surface area (Å²) in [7, 11) is 1.93. The van der Waals surface area contributed by atoms with Crippen LogP contribution < -0.4 is 5.32 Å². The van der Waals surface area contributed by atoms with E-state index in [1.807, 2.05) is 31.3 Å². The largest absolute Gasteiger partial charge is 0.396 e. The maximum Gasteiger partial charge on any atom is 0.0431 e. The number of rotatable bonds is 5. The molecule has 0 aromatic heterocycles. The van der Waals surface area contributed by atoms with Gasteiger partial charge in [-0.2, -0.15) is 0 Å². The molecule has 0 spiro atoms. The Hall–Kier alpha value is -0.570. The first-order valence-electron chi connectivity index (χ1n) is 4.81. The zero-order chi connectivity index (χ0) is 10.4. The van der Waals surface area contributed by atoms with Gasteiger partial charge in [0.15, 0.2) is 0 Å². The molecule has 2 N–H and O–H groups in total. The second kappa shape index (κ2) is 6.02. The van der Waals surface area contributed by atoms with E-state index in [0.717, 1.165) is 17.9 Å². The van der Waals surface area contributed by atoms with Crippen molar-refractivity contribution in [3.63, 3.8) is 0 Å². The number of aliphatic hydroxyl groups excluding tert-OH is 1. The maximum absolute atomic E-state index is 8.75. The molecule has 78 valence electrons. The number of hydrogen-bond donors (Lipinski definition) is 2. The van der Waals surface area contributed by atoms with Crippen molar-refractivity contribution in [2.45, 2.75) is 18.9 Å². The first-order chi connectivity index (χ1) is 6.77. The molecule has 0 aliphatic heterocycles. The summed E-state index contributed by atoms with van der Waals surface area (Å²) in [5.74, 6) is 0. The van der Waals surface area contributed by atoms with Crippen LogP contribution in [-0.4, -0.2) is 18.8 Å². The molecule has 1 atom stereocenters. The van der Waals surface area contributed by atoms with Crippen LogP contribution in [0.1, 0.15) is 24.4 Å². The minimum atomic E-state index is 0.242. The van der Waals surface area contributed by atoms with E-state index < -0.39 is 0 Å². The minimum Gasteiger partial charge on any atom is -0.396 e. The van der Waals surface area contributed by atoms with Crippen LogP contribution in [0.15, 0.2) is 24.3 Å². The van der Waals surface area contributed by atoms with Crippen LogP contribution in [0, 0.1) is 0 Å². The summed E-state index contributed by atoms with van der Waals surface area (Å²) >= 11 is 5.80. The zero-order valence-electron chi connectivity index (χ0n) is 8.33. The van der Waals surface area contributed by atoms with Gasteiger partial charge in [0.2, 0.25) is 0 Å². The Kier molecular flexibility index (Phi) is 4.94. The van der Waals surface area contributed by atoms with Crippen molar-refractivity contribution in [3.8, 4) is 0 Å². The van der Waals surface area contributed by atoms with Crippen LogP contribution in [0.3, 0.4) is 0 Å². The molecule has 1 aromatic rings. The number of aliphatic hydroxyl groups is 1. The van der Waals surface area contributed by atoms with E-state index in [1.54, 1.807) is 0 Å². The van der Waals surface area contributed by atoms with E-state index in [-0.39, 0.29) is 6.61 Å². The first-order valence-corrected chi connectivity index (χ1v) is 5.19. The smallest absolute Gasteiger partial charge is 0.0431 e. The molecule has 0 heterocycles. The fourth-order valence-corrected chi connectivity index (χ4v) is 1.59. The normalized spacial score (nSPS) is 12.8. The minimum absolute atomic E-state index is 0.242. The second-order valence-electron chi connectivity index (χ2n) is 3.26. The van der Waals surface area contributed by atoms with Gasteiger partial charge in [-0.25, -0.2) is 0 Å². The van der Waals surface area contributed by atoms with Crippen LogP contribution >= 0.6 is 11.6 Å². The molecule has 1 rings (SSSR count). The Morgan fingerprint density at radius 3 is 2.50 bits per heavy atom. The van der Waals surface area contributed by atoms with Gasteiger partial charge in [0.05, 0.1) is 0 Å². The summed E-state index contributed by atoms with van der Waals surface area (Å²) in [6, 6.07) is 8.11. The standard InChI is InChI=1S/C11H16ClNO/c1-13-11(3-2-8-14)9-4-6-10(12)7-5-9/h4-7,11,13-14H,2-3,8H2,1H3. The summed E-state index contributed by atoms with van der Waals surface area (Å²) < 4.78 is 0. The lowest BCUT2D eigenvalue weighted by Gasteiger charge is -2.15. The molecule has 0 aliphatic rings. The molecule has 0 saturated heterocycles. The second-order valence-corrected chi connectivity index (χ2v) is 3.70. The predicted octanol–water partition coefficient (Wildman–Crippen LogP) is 2.37. The van der Waals surface area contributed by atoms with Crippen molar-refractivity contribution < 1.29 is 5.11 Å². The van der Waals surface area contributed by atoms with Crippen LogP contribution in [-0.2, 0) is 0 Å². The molecule has 1 unspecified atom stereocenters. The molecule has 0 radical (unpaired) electrons. The average Bonchev–Trinajstić information content (AvgIpc) is 2.21. The van der Waals surface area contributed by atoms with Crippen LogP contribution in [0.2, 0.25) is 5.02 Å². The first kappa shape index (κ1) is 11.5.